The van der Waals surface area contributed by atoms with Gasteiger partial charge in [0.1, 0.15) is 0 Å². The number of sulfonamides is 1. The van der Waals surface area contributed by atoms with Gasteiger partial charge in [-0.2, -0.15) is 0 Å². The van der Waals surface area contributed by atoms with Gasteiger partial charge in [0.05, 0.1) is 11.1 Å². The molecule has 4 heteroatoms. The Morgan fingerprint density at radius 3 is 2.00 bits per heavy atom. The van der Waals surface area contributed by atoms with E-state index in [0.29, 0.717) is 5.69 Å². The van der Waals surface area contributed by atoms with Crippen LogP contribution in [0.3, 0.4) is 0 Å². The fraction of sp³-hybridized carbons (Fsp3) is 0. The fourth-order valence-corrected chi connectivity index (χ4v) is 3.25. The zero-order valence-electron chi connectivity index (χ0n) is 13.0. The molecule has 0 unspecified atom stereocenters. The molecule has 0 atom stereocenters. The maximum Gasteiger partial charge on any atom is 0.255 e. The van der Waals surface area contributed by atoms with Gasteiger partial charge in [0.15, 0.2) is 0 Å². The molecule has 0 aliphatic heterocycles. The molecule has 0 saturated carbocycles. The van der Waals surface area contributed by atoms with Crippen molar-refractivity contribution < 1.29 is 8.42 Å². The first kappa shape index (κ1) is 16.0. The normalized spacial score (nSPS) is 11.5. The Hall–Kier alpha value is -2.85. The van der Waals surface area contributed by atoms with Crippen LogP contribution < -0.4 is 4.72 Å². The standard InChI is InChI=1S/C20H17NO2S/c22-24(23,16-15-17-9-3-1-4-10-17)21-20-14-8-7-13-19(20)18-11-5-2-6-12-18/h1-16,21H/b16-15+. The lowest BCUT2D eigenvalue weighted by molar-refractivity contribution is 0.609. The Morgan fingerprint density at radius 1 is 0.708 bits per heavy atom. The highest BCUT2D eigenvalue weighted by atomic mass is 32.2. The molecule has 0 aliphatic rings. The molecule has 0 aromatic heterocycles. The minimum atomic E-state index is -3.59. The summed E-state index contributed by atoms with van der Waals surface area (Å²) < 4.78 is 27.4. The van der Waals surface area contributed by atoms with Crippen molar-refractivity contribution in [2.24, 2.45) is 0 Å². The van der Waals surface area contributed by atoms with Crippen LogP contribution in [0.1, 0.15) is 5.56 Å². The van der Waals surface area contributed by atoms with Crippen molar-refractivity contribution in [1.82, 2.24) is 0 Å². The predicted octanol–water partition coefficient (Wildman–Crippen LogP) is 4.77. The van der Waals surface area contributed by atoms with Gasteiger partial charge in [-0.1, -0.05) is 78.9 Å². The molecule has 3 rings (SSSR count). The third-order valence-electron chi connectivity index (χ3n) is 3.50. The van der Waals surface area contributed by atoms with Gasteiger partial charge < -0.3 is 0 Å². The van der Waals surface area contributed by atoms with E-state index >= 15 is 0 Å². The van der Waals surface area contributed by atoms with E-state index in [1.165, 1.54) is 5.41 Å². The van der Waals surface area contributed by atoms with Crippen LogP contribution in [0.25, 0.3) is 17.2 Å². The molecule has 3 aromatic rings. The average molecular weight is 335 g/mol. The molecule has 0 saturated heterocycles. The minimum absolute atomic E-state index is 0.557. The van der Waals surface area contributed by atoms with E-state index in [2.05, 4.69) is 4.72 Å². The number of hydrogen-bond donors (Lipinski definition) is 1. The summed E-state index contributed by atoms with van der Waals surface area (Å²) in [6.45, 7) is 0. The molecular formula is C20H17NO2S. The third-order valence-corrected chi connectivity index (χ3v) is 4.50. The number of benzene rings is 3. The maximum absolute atomic E-state index is 12.4. The second kappa shape index (κ2) is 7.15. The molecule has 0 heterocycles. The van der Waals surface area contributed by atoms with Crippen LogP contribution in [0.5, 0.6) is 0 Å². The summed E-state index contributed by atoms with van der Waals surface area (Å²) in [4.78, 5) is 0. The summed E-state index contributed by atoms with van der Waals surface area (Å²) in [6.07, 6.45) is 1.58. The highest BCUT2D eigenvalue weighted by Crippen LogP contribution is 2.28. The van der Waals surface area contributed by atoms with E-state index in [-0.39, 0.29) is 0 Å². The molecule has 0 spiro atoms. The first-order chi connectivity index (χ1) is 11.6. The van der Waals surface area contributed by atoms with Crippen molar-refractivity contribution in [3.63, 3.8) is 0 Å². The molecule has 120 valence electrons. The van der Waals surface area contributed by atoms with Gasteiger partial charge >= 0.3 is 0 Å². The third kappa shape index (κ3) is 4.12. The summed E-state index contributed by atoms with van der Waals surface area (Å²) in [5, 5.41) is 1.18. The number of hydrogen-bond acceptors (Lipinski definition) is 2. The van der Waals surface area contributed by atoms with E-state index in [1.54, 1.807) is 12.1 Å². The van der Waals surface area contributed by atoms with E-state index in [1.807, 2.05) is 78.9 Å². The van der Waals surface area contributed by atoms with Crippen LogP contribution in [-0.2, 0) is 10.0 Å². The second-order valence-electron chi connectivity index (χ2n) is 5.27. The molecular weight excluding hydrogens is 318 g/mol. The zero-order chi connectivity index (χ0) is 16.8. The molecule has 0 amide bonds. The van der Waals surface area contributed by atoms with Crippen LogP contribution in [0.4, 0.5) is 5.69 Å². The summed E-state index contributed by atoms with van der Waals surface area (Å²) in [7, 11) is -3.59. The largest absolute Gasteiger partial charge is 0.279 e. The molecule has 1 N–H and O–H groups in total. The van der Waals surface area contributed by atoms with Gasteiger partial charge in [0, 0.05) is 5.56 Å². The quantitative estimate of drug-likeness (QED) is 0.730. The number of para-hydroxylation sites is 1. The Balaban J connectivity index is 1.87. The van der Waals surface area contributed by atoms with E-state index < -0.39 is 10.0 Å². The lowest BCUT2D eigenvalue weighted by atomic mass is 10.0. The molecule has 0 radical (unpaired) electrons. The Labute approximate surface area is 142 Å². The van der Waals surface area contributed by atoms with Gasteiger partial charge in [-0.05, 0) is 23.3 Å². The van der Waals surface area contributed by atoms with E-state index in [4.69, 9.17) is 0 Å². The summed E-state index contributed by atoms with van der Waals surface area (Å²) in [5.74, 6) is 0. The molecule has 3 aromatic carbocycles. The summed E-state index contributed by atoms with van der Waals surface area (Å²) in [6, 6.07) is 26.4. The van der Waals surface area contributed by atoms with Gasteiger partial charge in [-0.15, -0.1) is 0 Å². The lowest BCUT2D eigenvalue weighted by Gasteiger charge is -2.11. The van der Waals surface area contributed by atoms with Gasteiger partial charge in [-0.3, -0.25) is 4.72 Å². The molecule has 24 heavy (non-hydrogen) atoms. The van der Waals surface area contributed by atoms with Gasteiger partial charge in [-0.25, -0.2) is 8.42 Å². The summed E-state index contributed by atoms with van der Waals surface area (Å²) >= 11 is 0. The first-order valence-corrected chi connectivity index (χ1v) is 9.09. The lowest BCUT2D eigenvalue weighted by Crippen LogP contribution is -2.09. The molecule has 3 nitrogen and oxygen atoms in total. The summed E-state index contributed by atoms with van der Waals surface area (Å²) in [5.41, 5.74) is 3.19. The van der Waals surface area contributed by atoms with Gasteiger partial charge in [0.25, 0.3) is 10.0 Å². The van der Waals surface area contributed by atoms with Crippen LogP contribution in [0, 0.1) is 0 Å². The smallest absolute Gasteiger partial charge is 0.255 e. The molecule has 0 bridgehead atoms. The first-order valence-electron chi connectivity index (χ1n) is 7.54. The van der Waals surface area contributed by atoms with Crippen molar-refractivity contribution in [3.05, 3.63) is 95.9 Å². The number of anilines is 1. The monoisotopic (exact) mass is 335 g/mol. The van der Waals surface area contributed by atoms with E-state index in [0.717, 1.165) is 16.7 Å². The molecule has 0 aliphatic carbocycles. The fourth-order valence-electron chi connectivity index (χ4n) is 2.36. The Bertz CT molecular complexity index is 934. The molecule has 0 fully saturated rings. The Morgan fingerprint density at radius 2 is 1.29 bits per heavy atom. The van der Waals surface area contributed by atoms with Gasteiger partial charge in [0.2, 0.25) is 0 Å². The maximum atomic E-state index is 12.4. The van der Waals surface area contributed by atoms with Crippen molar-refractivity contribution in [1.29, 1.82) is 0 Å². The zero-order valence-corrected chi connectivity index (χ0v) is 13.8. The highest BCUT2D eigenvalue weighted by Gasteiger charge is 2.10. The SMILES string of the molecule is O=S(=O)(/C=C/c1ccccc1)Nc1ccccc1-c1ccccc1. The van der Waals surface area contributed by atoms with E-state index in [9.17, 15) is 8.42 Å². The number of rotatable bonds is 5. The van der Waals surface area contributed by atoms with Crippen LogP contribution in [0.2, 0.25) is 0 Å². The van der Waals surface area contributed by atoms with Crippen LogP contribution in [-0.4, -0.2) is 8.42 Å². The predicted molar refractivity (Wildman–Crippen MR) is 99.9 cm³/mol. The van der Waals surface area contributed by atoms with Crippen LogP contribution in [0.15, 0.2) is 90.3 Å². The minimum Gasteiger partial charge on any atom is -0.279 e. The van der Waals surface area contributed by atoms with Crippen molar-refractivity contribution in [2.45, 2.75) is 0 Å². The second-order valence-corrected chi connectivity index (χ2v) is 6.84. The van der Waals surface area contributed by atoms with Crippen molar-refractivity contribution in [2.75, 3.05) is 4.72 Å². The number of nitrogens with one attached hydrogen (secondary N) is 1. The topological polar surface area (TPSA) is 46.2 Å². The average Bonchev–Trinajstić information content (AvgIpc) is 2.62. The van der Waals surface area contributed by atoms with Crippen molar-refractivity contribution >= 4 is 21.8 Å². The highest BCUT2D eigenvalue weighted by molar-refractivity contribution is 7.95. The van der Waals surface area contributed by atoms with Crippen molar-refractivity contribution in [3.8, 4) is 11.1 Å². The van der Waals surface area contributed by atoms with Crippen LogP contribution >= 0.6 is 0 Å². The Kier molecular flexibility index (Phi) is 4.77.